The predicted molar refractivity (Wildman–Crippen MR) is 50.1 cm³/mol. The van der Waals surface area contributed by atoms with Crippen LogP contribution in [0, 0.1) is 11.3 Å². The van der Waals surface area contributed by atoms with Gasteiger partial charge in [-0.05, 0) is 17.7 Å². The van der Waals surface area contributed by atoms with Gasteiger partial charge in [-0.3, -0.25) is 4.79 Å². The van der Waals surface area contributed by atoms with E-state index in [0.29, 0.717) is 6.29 Å². The molecular weight excluding hydrogens is 198 g/mol. The number of rotatable bonds is 3. The van der Waals surface area contributed by atoms with E-state index in [9.17, 15) is 15.0 Å². The fraction of sp³-hybridized carbons (Fsp3) is 0.200. The van der Waals surface area contributed by atoms with Crippen molar-refractivity contribution in [3.8, 4) is 11.8 Å². The number of aliphatic hydroxyl groups is 2. The zero-order valence-electron chi connectivity index (χ0n) is 7.66. The van der Waals surface area contributed by atoms with Crippen molar-refractivity contribution in [1.29, 1.82) is 5.26 Å². The molecule has 1 rings (SSSR count). The van der Waals surface area contributed by atoms with Crippen molar-refractivity contribution in [3.63, 3.8) is 0 Å². The molecule has 1 aromatic carbocycles. The van der Waals surface area contributed by atoms with Gasteiger partial charge in [0.25, 0.3) is 0 Å². The number of phenols is 1. The number of hydrogen-bond acceptors (Lipinski definition) is 5. The number of carbonyl (C=O) groups excluding carboxylic acids is 1. The normalized spacial score (nSPS) is 13.9. The van der Waals surface area contributed by atoms with Crippen molar-refractivity contribution in [1.82, 2.24) is 0 Å². The fourth-order valence-corrected chi connectivity index (χ4v) is 1.10. The number of aliphatic hydroxyl groups excluding tert-OH is 2. The van der Waals surface area contributed by atoms with Gasteiger partial charge in [0.1, 0.15) is 11.9 Å². The van der Waals surface area contributed by atoms with Crippen LogP contribution in [0.15, 0.2) is 18.2 Å². The van der Waals surface area contributed by atoms with E-state index < -0.39 is 12.2 Å². The molecule has 0 amide bonds. The Morgan fingerprint density at radius 3 is 2.53 bits per heavy atom. The molecule has 0 saturated carbocycles. The lowest BCUT2D eigenvalue weighted by atomic mass is 10.0. The Labute approximate surface area is 85.8 Å². The summed E-state index contributed by atoms with van der Waals surface area (Å²) in [6, 6.07) is 5.25. The average molecular weight is 207 g/mol. The van der Waals surface area contributed by atoms with Crippen molar-refractivity contribution in [2.75, 3.05) is 0 Å². The Kier molecular flexibility index (Phi) is 3.39. The Morgan fingerprint density at radius 1 is 1.40 bits per heavy atom. The molecule has 0 fully saturated rings. The lowest BCUT2D eigenvalue weighted by Gasteiger charge is -2.12. The average Bonchev–Trinajstić information content (AvgIpc) is 2.26. The number of benzene rings is 1. The van der Waals surface area contributed by atoms with Gasteiger partial charge >= 0.3 is 0 Å². The molecule has 0 aliphatic rings. The molecule has 0 radical (unpaired) electrons. The van der Waals surface area contributed by atoms with E-state index in [1.165, 1.54) is 18.2 Å². The summed E-state index contributed by atoms with van der Waals surface area (Å²) in [6.07, 6.45) is -2.50. The van der Waals surface area contributed by atoms with Gasteiger partial charge in [0.05, 0.1) is 11.6 Å². The zero-order chi connectivity index (χ0) is 11.4. The summed E-state index contributed by atoms with van der Waals surface area (Å²) >= 11 is 0. The van der Waals surface area contributed by atoms with Crippen LogP contribution in [0.1, 0.15) is 22.0 Å². The maximum absolute atomic E-state index is 10.4. The van der Waals surface area contributed by atoms with Crippen LogP contribution in [-0.2, 0) is 0 Å². The molecule has 0 saturated heterocycles. The zero-order valence-corrected chi connectivity index (χ0v) is 7.66. The number of nitriles is 1. The molecule has 2 atom stereocenters. The van der Waals surface area contributed by atoms with E-state index in [1.807, 2.05) is 0 Å². The van der Waals surface area contributed by atoms with Gasteiger partial charge in [-0.15, -0.1) is 0 Å². The molecule has 0 aliphatic heterocycles. The lowest BCUT2D eigenvalue weighted by Crippen LogP contribution is -2.15. The molecule has 0 bridgehead atoms. The first-order valence-corrected chi connectivity index (χ1v) is 4.14. The summed E-state index contributed by atoms with van der Waals surface area (Å²) in [5.74, 6) is -0.299. The van der Waals surface area contributed by atoms with Crippen LogP contribution < -0.4 is 0 Å². The summed E-state index contributed by atoms with van der Waals surface area (Å²) in [4.78, 5) is 10.4. The van der Waals surface area contributed by atoms with Crippen LogP contribution in [0.2, 0.25) is 0 Å². The molecule has 0 heterocycles. The van der Waals surface area contributed by atoms with Crippen molar-refractivity contribution >= 4 is 6.29 Å². The topological polar surface area (TPSA) is 102 Å². The molecule has 5 heteroatoms. The predicted octanol–water partition coefficient (Wildman–Crippen LogP) is 0.123. The largest absolute Gasteiger partial charge is 0.507 e. The molecule has 0 spiro atoms. The molecule has 0 aliphatic carbocycles. The first-order chi connectivity index (χ1) is 7.10. The third-order valence-corrected chi connectivity index (χ3v) is 1.95. The number of aldehydes is 1. The number of carbonyl (C=O) groups is 1. The highest BCUT2D eigenvalue weighted by Gasteiger charge is 2.18. The van der Waals surface area contributed by atoms with Gasteiger partial charge in [-0.1, -0.05) is 6.07 Å². The smallest absolute Gasteiger partial charge is 0.170 e. The van der Waals surface area contributed by atoms with E-state index in [4.69, 9.17) is 10.4 Å². The highest BCUT2D eigenvalue weighted by Crippen LogP contribution is 2.23. The van der Waals surface area contributed by atoms with Gasteiger partial charge in [-0.2, -0.15) is 5.26 Å². The van der Waals surface area contributed by atoms with Gasteiger partial charge in [0, 0.05) is 0 Å². The van der Waals surface area contributed by atoms with E-state index in [2.05, 4.69) is 0 Å². The number of aromatic hydroxyl groups is 1. The van der Waals surface area contributed by atoms with E-state index in [-0.39, 0.29) is 16.9 Å². The molecular formula is C10H9NO4. The van der Waals surface area contributed by atoms with Crippen LogP contribution in [0.4, 0.5) is 0 Å². The molecule has 5 nitrogen and oxygen atoms in total. The molecule has 1 aromatic rings. The summed E-state index contributed by atoms with van der Waals surface area (Å²) in [5, 5.41) is 36.1. The van der Waals surface area contributed by atoms with Crippen LogP contribution in [-0.4, -0.2) is 27.7 Å². The van der Waals surface area contributed by atoms with Crippen LogP contribution in [0.3, 0.4) is 0 Å². The van der Waals surface area contributed by atoms with Crippen LogP contribution in [0.25, 0.3) is 0 Å². The highest BCUT2D eigenvalue weighted by molar-refractivity contribution is 5.79. The maximum atomic E-state index is 10.4. The summed E-state index contributed by atoms with van der Waals surface area (Å²) in [7, 11) is 0. The van der Waals surface area contributed by atoms with Crippen molar-refractivity contribution in [3.05, 3.63) is 29.3 Å². The monoisotopic (exact) mass is 207 g/mol. The number of phenolic OH excluding ortho intramolecular Hbond substituents is 1. The molecule has 15 heavy (non-hydrogen) atoms. The summed E-state index contributed by atoms with van der Waals surface area (Å²) in [5.41, 5.74) is 0.254. The second kappa shape index (κ2) is 4.55. The summed E-state index contributed by atoms with van der Waals surface area (Å²) in [6.45, 7) is 0. The second-order valence-corrected chi connectivity index (χ2v) is 2.95. The van der Waals surface area contributed by atoms with E-state index in [0.717, 1.165) is 6.07 Å². The third kappa shape index (κ3) is 2.31. The number of hydrogen-bond donors (Lipinski definition) is 3. The molecule has 78 valence electrons. The second-order valence-electron chi connectivity index (χ2n) is 2.95. The van der Waals surface area contributed by atoms with Gasteiger partial charge in [0.2, 0.25) is 0 Å². The fourth-order valence-electron chi connectivity index (χ4n) is 1.10. The van der Waals surface area contributed by atoms with Crippen molar-refractivity contribution < 1.29 is 20.1 Å². The third-order valence-electron chi connectivity index (χ3n) is 1.95. The van der Waals surface area contributed by atoms with Gasteiger partial charge in [-0.25, -0.2) is 0 Å². The molecule has 2 unspecified atom stereocenters. The SMILES string of the molecule is N#CC(O)C(O)c1ccc(C=O)c(O)c1. The maximum Gasteiger partial charge on any atom is 0.170 e. The lowest BCUT2D eigenvalue weighted by molar-refractivity contribution is 0.0526. The first kappa shape index (κ1) is 11.2. The number of nitrogens with zero attached hydrogens (tertiary/aromatic N) is 1. The van der Waals surface area contributed by atoms with Crippen molar-refractivity contribution in [2.45, 2.75) is 12.2 Å². The van der Waals surface area contributed by atoms with Crippen molar-refractivity contribution in [2.24, 2.45) is 0 Å². The first-order valence-electron chi connectivity index (χ1n) is 4.14. The van der Waals surface area contributed by atoms with Gasteiger partial charge in [0.15, 0.2) is 12.4 Å². The van der Waals surface area contributed by atoms with Crippen LogP contribution >= 0.6 is 0 Å². The Bertz CT molecular complexity index is 410. The highest BCUT2D eigenvalue weighted by atomic mass is 16.3. The quantitative estimate of drug-likeness (QED) is 0.482. The van der Waals surface area contributed by atoms with Gasteiger partial charge < -0.3 is 15.3 Å². The van der Waals surface area contributed by atoms with E-state index >= 15 is 0 Å². The Morgan fingerprint density at radius 2 is 2.07 bits per heavy atom. The minimum Gasteiger partial charge on any atom is -0.507 e. The Balaban J connectivity index is 3.03. The molecule has 0 aromatic heterocycles. The minimum absolute atomic E-state index is 0.0809. The molecule has 3 N–H and O–H groups in total. The summed E-state index contributed by atoms with van der Waals surface area (Å²) < 4.78 is 0. The Hall–Kier alpha value is -1.90. The van der Waals surface area contributed by atoms with Crippen LogP contribution in [0.5, 0.6) is 5.75 Å². The van der Waals surface area contributed by atoms with E-state index in [1.54, 1.807) is 0 Å². The standard InChI is InChI=1S/C10H9NO4/c11-4-9(14)10(15)6-1-2-7(5-12)8(13)3-6/h1-3,5,9-10,13-15H. The minimum atomic E-state index is -1.56.